The molecule has 0 aliphatic heterocycles. The molecule has 1 aliphatic rings. The molecule has 1 unspecified atom stereocenters. The van der Waals surface area contributed by atoms with Crippen LogP contribution < -0.4 is 10.5 Å². The van der Waals surface area contributed by atoms with Gasteiger partial charge in [0.2, 0.25) is 5.88 Å². The lowest BCUT2D eigenvalue weighted by Crippen LogP contribution is -2.14. The van der Waals surface area contributed by atoms with Gasteiger partial charge < -0.3 is 20.7 Å². The van der Waals surface area contributed by atoms with E-state index in [9.17, 15) is 5.11 Å². The van der Waals surface area contributed by atoms with Crippen LogP contribution in [-0.2, 0) is 0 Å². The van der Waals surface area contributed by atoms with Crippen molar-refractivity contribution in [3.05, 3.63) is 12.1 Å². The van der Waals surface area contributed by atoms with E-state index in [1.54, 1.807) is 12.1 Å². The zero-order chi connectivity index (χ0) is 13.0. The summed E-state index contributed by atoms with van der Waals surface area (Å²) >= 11 is 1.37. The topological polar surface area (TPSA) is 88.6 Å². The van der Waals surface area contributed by atoms with E-state index in [-0.39, 0.29) is 6.61 Å². The van der Waals surface area contributed by atoms with Gasteiger partial charge in [-0.15, -0.1) is 11.8 Å². The van der Waals surface area contributed by atoms with Gasteiger partial charge in [-0.2, -0.15) is 0 Å². The van der Waals surface area contributed by atoms with Gasteiger partial charge in [0.05, 0.1) is 25.0 Å². The van der Waals surface area contributed by atoms with E-state index >= 15 is 0 Å². The minimum atomic E-state index is -0.731. The summed E-state index contributed by atoms with van der Waals surface area (Å²) in [5.41, 5.74) is 6.32. The number of ether oxygens (including phenoxy) is 1. The second kappa shape index (κ2) is 6.26. The van der Waals surface area contributed by atoms with Crippen LogP contribution in [0.15, 0.2) is 17.2 Å². The maximum atomic E-state index is 9.27. The summed E-state index contributed by atoms with van der Waals surface area (Å²) in [6.07, 6.45) is 1.71. The summed E-state index contributed by atoms with van der Waals surface area (Å²) in [7, 11) is 0. The maximum Gasteiger partial charge on any atom is 0.238 e. The van der Waals surface area contributed by atoms with Crippen LogP contribution >= 0.6 is 11.8 Å². The normalized spacial score (nSPS) is 16.6. The highest BCUT2D eigenvalue weighted by atomic mass is 32.2. The lowest BCUT2D eigenvalue weighted by Gasteiger charge is -2.10. The molecule has 1 fully saturated rings. The van der Waals surface area contributed by atoms with Gasteiger partial charge in [-0.3, -0.25) is 0 Å². The van der Waals surface area contributed by atoms with Gasteiger partial charge in [0.15, 0.2) is 0 Å². The van der Waals surface area contributed by atoms with E-state index in [1.807, 2.05) is 0 Å². The molecule has 1 aromatic rings. The molecule has 0 amide bonds. The van der Waals surface area contributed by atoms with Crippen molar-refractivity contribution in [2.24, 2.45) is 5.92 Å². The number of aliphatic hydroxyl groups is 2. The first-order valence-electron chi connectivity index (χ1n) is 6.00. The first-order chi connectivity index (χ1) is 8.69. The van der Waals surface area contributed by atoms with Crippen molar-refractivity contribution in [3.8, 4) is 5.88 Å². The minimum absolute atomic E-state index is 0.243. The van der Waals surface area contributed by atoms with Crippen LogP contribution in [0.2, 0.25) is 0 Å². The van der Waals surface area contributed by atoms with Crippen LogP contribution in [0.3, 0.4) is 0 Å². The third kappa shape index (κ3) is 4.04. The number of anilines is 1. The first-order valence-corrected chi connectivity index (χ1v) is 6.98. The van der Waals surface area contributed by atoms with Gasteiger partial charge in [-0.05, 0) is 30.9 Å². The second-order valence-electron chi connectivity index (χ2n) is 4.45. The number of pyridine rings is 1. The third-order valence-corrected chi connectivity index (χ3v) is 3.73. The Labute approximate surface area is 110 Å². The molecule has 1 aromatic heterocycles. The zero-order valence-corrected chi connectivity index (χ0v) is 10.9. The van der Waals surface area contributed by atoms with E-state index < -0.39 is 6.10 Å². The molecule has 0 aromatic carbocycles. The van der Waals surface area contributed by atoms with Crippen molar-refractivity contribution >= 4 is 17.4 Å². The van der Waals surface area contributed by atoms with Crippen LogP contribution in [0.5, 0.6) is 5.88 Å². The molecule has 4 N–H and O–H groups in total. The molecule has 6 heteroatoms. The lowest BCUT2D eigenvalue weighted by atomic mass is 10.4. The van der Waals surface area contributed by atoms with Crippen molar-refractivity contribution in [3.63, 3.8) is 0 Å². The van der Waals surface area contributed by atoms with Crippen molar-refractivity contribution in [1.82, 2.24) is 4.98 Å². The fraction of sp³-hybridized carbons (Fsp3) is 0.583. The molecule has 1 aliphatic carbocycles. The zero-order valence-electron chi connectivity index (χ0n) is 10.1. The molecule has 0 bridgehead atoms. The average molecular weight is 270 g/mol. The predicted octanol–water partition coefficient (Wildman–Crippen LogP) is 0.898. The summed E-state index contributed by atoms with van der Waals surface area (Å²) in [6.45, 7) is 0.428. The Morgan fingerprint density at radius 3 is 2.94 bits per heavy atom. The second-order valence-corrected chi connectivity index (χ2v) is 5.49. The summed E-state index contributed by atoms with van der Waals surface area (Å²) in [5, 5.41) is 18.7. The van der Waals surface area contributed by atoms with E-state index in [4.69, 9.17) is 15.6 Å². The van der Waals surface area contributed by atoms with Crippen LogP contribution in [0.4, 0.5) is 5.69 Å². The number of aliphatic hydroxyl groups excluding tert-OH is 2. The summed E-state index contributed by atoms with van der Waals surface area (Å²) in [6, 6.07) is 3.54. The molecule has 18 heavy (non-hydrogen) atoms. The summed E-state index contributed by atoms with van der Waals surface area (Å²) in [4.78, 5) is 4.30. The van der Waals surface area contributed by atoms with Crippen molar-refractivity contribution < 1.29 is 14.9 Å². The smallest absolute Gasteiger partial charge is 0.238 e. The molecule has 100 valence electrons. The minimum Gasteiger partial charge on any atom is -0.476 e. The number of rotatable bonds is 7. The molecule has 2 rings (SSSR count). The summed E-state index contributed by atoms with van der Waals surface area (Å²) < 4.78 is 5.57. The van der Waals surface area contributed by atoms with Gasteiger partial charge in [0.1, 0.15) is 5.03 Å². The highest BCUT2D eigenvalue weighted by Gasteiger charge is 2.22. The first kappa shape index (κ1) is 13.5. The largest absolute Gasteiger partial charge is 0.476 e. The number of hydrogen-bond acceptors (Lipinski definition) is 6. The van der Waals surface area contributed by atoms with Gasteiger partial charge in [-0.1, -0.05) is 0 Å². The molecule has 1 atom stereocenters. The molecule has 0 saturated heterocycles. The van der Waals surface area contributed by atoms with Gasteiger partial charge in [-0.25, -0.2) is 4.98 Å². The fourth-order valence-electron chi connectivity index (χ4n) is 1.35. The quantitative estimate of drug-likeness (QED) is 0.638. The molecule has 5 nitrogen and oxygen atoms in total. The standard InChI is InChI=1S/C12H18N2O3S/c13-10-3-4-11(18-7-9(16)5-15)14-12(10)17-6-8-1-2-8/h3-4,8-9,15-16H,1-2,5-7,13H2. The molecule has 0 radical (unpaired) electrons. The summed E-state index contributed by atoms with van der Waals surface area (Å²) in [5.74, 6) is 1.51. The monoisotopic (exact) mass is 270 g/mol. The number of hydrogen-bond donors (Lipinski definition) is 3. The highest BCUT2D eigenvalue weighted by molar-refractivity contribution is 7.99. The Morgan fingerprint density at radius 1 is 1.50 bits per heavy atom. The van der Waals surface area contributed by atoms with Crippen LogP contribution in [0.25, 0.3) is 0 Å². The highest BCUT2D eigenvalue weighted by Crippen LogP contribution is 2.31. The van der Waals surface area contributed by atoms with Gasteiger partial charge >= 0.3 is 0 Å². The Kier molecular flexibility index (Phi) is 4.68. The van der Waals surface area contributed by atoms with Crippen molar-refractivity contribution in [1.29, 1.82) is 0 Å². The van der Waals surface area contributed by atoms with Crippen molar-refractivity contribution in [2.45, 2.75) is 24.0 Å². The Hall–Kier alpha value is -0.980. The Balaban J connectivity index is 1.91. The third-order valence-electron chi connectivity index (χ3n) is 2.65. The molecule has 1 heterocycles. The average Bonchev–Trinajstić information content (AvgIpc) is 3.19. The fourth-order valence-corrected chi connectivity index (χ4v) is 2.13. The predicted molar refractivity (Wildman–Crippen MR) is 70.7 cm³/mol. The molecule has 0 spiro atoms. The number of aromatic nitrogens is 1. The number of nitrogen functional groups attached to an aromatic ring is 1. The van der Waals surface area contributed by atoms with E-state index in [2.05, 4.69) is 4.98 Å². The van der Waals surface area contributed by atoms with E-state index in [0.717, 1.165) is 5.03 Å². The number of thioether (sulfide) groups is 1. The molecular formula is C12H18N2O3S. The molecular weight excluding hydrogens is 252 g/mol. The van der Waals surface area contributed by atoms with E-state index in [0.29, 0.717) is 29.8 Å². The van der Waals surface area contributed by atoms with E-state index in [1.165, 1.54) is 24.6 Å². The Bertz CT molecular complexity index is 399. The SMILES string of the molecule is Nc1ccc(SCC(O)CO)nc1OCC1CC1. The Morgan fingerprint density at radius 2 is 2.28 bits per heavy atom. The van der Waals surface area contributed by atoms with Crippen LogP contribution in [0.1, 0.15) is 12.8 Å². The number of nitrogens with two attached hydrogens (primary N) is 1. The molecule has 1 saturated carbocycles. The van der Waals surface area contributed by atoms with Crippen molar-refractivity contribution in [2.75, 3.05) is 24.7 Å². The number of nitrogens with zero attached hydrogens (tertiary/aromatic N) is 1. The maximum absolute atomic E-state index is 9.27. The van der Waals surface area contributed by atoms with Gasteiger partial charge in [0, 0.05) is 5.75 Å². The van der Waals surface area contributed by atoms with Crippen LogP contribution in [0, 0.1) is 5.92 Å². The lowest BCUT2D eigenvalue weighted by molar-refractivity contribution is 0.113. The van der Waals surface area contributed by atoms with Gasteiger partial charge in [0.25, 0.3) is 0 Å². The van der Waals surface area contributed by atoms with Crippen LogP contribution in [-0.4, -0.2) is 40.3 Å².